The third kappa shape index (κ3) is 2.07. The second-order valence-corrected chi connectivity index (χ2v) is 4.88. The fourth-order valence-electron chi connectivity index (χ4n) is 2.30. The number of nitrogens with zero attached hydrogens (tertiary/aromatic N) is 2. The lowest BCUT2D eigenvalue weighted by molar-refractivity contribution is 1.18. The van der Waals surface area contributed by atoms with Gasteiger partial charge in [-0.2, -0.15) is 0 Å². The number of hydrogen-bond donors (Lipinski definition) is 1. The summed E-state index contributed by atoms with van der Waals surface area (Å²) in [7, 11) is 0. The molecule has 0 unspecified atom stereocenters. The summed E-state index contributed by atoms with van der Waals surface area (Å²) in [5, 5.41) is 0. The van der Waals surface area contributed by atoms with Crippen molar-refractivity contribution in [3.05, 3.63) is 60.4 Å². The van der Waals surface area contributed by atoms with Gasteiger partial charge in [0.2, 0.25) is 0 Å². The van der Waals surface area contributed by atoms with Crippen LogP contribution in [0, 0.1) is 0 Å². The van der Waals surface area contributed by atoms with E-state index in [0.717, 1.165) is 22.6 Å². The van der Waals surface area contributed by atoms with Gasteiger partial charge in [0, 0.05) is 17.4 Å². The van der Waals surface area contributed by atoms with Gasteiger partial charge in [-0.25, -0.2) is 4.98 Å². The number of fused-ring (bicyclic) bond motifs is 1. The first-order chi connectivity index (χ1) is 9.69. The Bertz CT molecular complexity index is 797. The number of aromatic nitrogens is 2. The molecule has 3 nitrogen and oxygen atoms in total. The van der Waals surface area contributed by atoms with E-state index in [0.29, 0.717) is 0 Å². The van der Waals surface area contributed by atoms with E-state index >= 15 is 0 Å². The van der Waals surface area contributed by atoms with Crippen LogP contribution in [0.2, 0.25) is 0 Å². The smallest absolute Gasteiger partial charge is 0.137 e. The lowest BCUT2D eigenvalue weighted by atomic mass is 10.1. The molecule has 0 bridgehead atoms. The van der Waals surface area contributed by atoms with Crippen molar-refractivity contribution < 1.29 is 0 Å². The van der Waals surface area contributed by atoms with E-state index in [2.05, 4.69) is 40.7 Å². The predicted molar refractivity (Wildman–Crippen MR) is 84.4 cm³/mol. The SMILES string of the molecule is C/C=C(\C)c1ccn2c(-c3cccc(N)c3)cnc2c1. The summed E-state index contributed by atoms with van der Waals surface area (Å²) in [6, 6.07) is 12.1. The van der Waals surface area contributed by atoms with Crippen molar-refractivity contribution >= 4 is 16.9 Å². The number of hydrogen-bond acceptors (Lipinski definition) is 2. The second-order valence-electron chi connectivity index (χ2n) is 4.88. The molecule has 0 aliphatic heterocycles. The molecule has 3 rings (SSSR count). The van der Waals surface area contributed by atoms with Crippen LogP contribution in [0.25, 0.3) is 22.5 Å². The van der Waals surface area contributed by atoms with Crippen molar-refractivity contribution in [2.45, 2.75) is 13.8 Å². The number of anilines is 1. The van der Waals surface area contributed by atoms with Crippen molar-refractivity contribution in [1.29, 1.82) is 0 Å². The molecule has 0 saturated heterocycles. The summed E-state index contributed by atoms with van der Waals surface area (Å²) < 4.78 is 2.08. The lowest BCUT2D eigenvalue weighted by Gasteiger charge is -2.05. The van der Waals surface area contributed by atoms with E-state index in [-0.39, 0.29) is 0 Å². The fraction of sp³-hybridized carbons (Fsp3) is 0.118. The maximum absolute atomic E-state index is 5.85. The van der Waals surface area contributed by atoms with Crippen molar-refractivity contribution in [2.75, 3.05) is 5.73 Å². The van der Waals surface area contributed by atoms with Crippen LogP contribution in [0.4, 0.5) is 5.69 Å². The van der Waals surface area contributed by atoms with E-state index in [9.17, 15) is 0 Å². The maximum atomic E-state index is 5.85. The van der Waals surface area contributed by atoms with Crippen LogP contribution in [-0.4, -0.2) is 9.38 Å². The molecule has 20 heavy (non-hydrogen) atoms. The Kier molecular flexibility index (Phi) is 3.03. The molecule has 0 aliphatic rings. The number of nitrogens with two attached hydrogens (primary N) is 1. The van der Waals surface area contributed by atoms with Gasteiger partial charge >= 0.3 is 0 Å². The molecule has 100 valence electrons. The van der Waals surface area contributed by atoms with Gasteiger partial charge in [0.25, 0.3) is 0 Å². The molecule has 2 aromatic heterocycles. The predicted octanol–water partition coefficient (Wildman–Crippen LogP) is 4.01. The minimum Gasteiger partial charge on any atom is -0.399 e. The van der Waals surface area contributed by atoms with Crippen molar-refractivity contribution in [3.63, 3.8) is 0 Å². The zero-order chi connectivity index (χ0) is 14.1. The Labute approximate surface area is 118 Å². The fourth-order valence-corrected chi connectivity index (χ4v) is 2.30. The van der Waals surface area contributed by atoms with E-state index in [4.69, 9.17) is 5.73 Å². The number of nitrogen functional groups attached to an aromatic ring is 1. The summed E-state index contributed by atoms with van der Waals surface area (Å²) in [6.45, 7) is 4.15. The van der Waals surface area contributed by atoms with Gasteiger partial charge in [-0.05, 0) is 49.2 Å². The summed E-state index contributed by atoms with van der Waals surface area (Å²) in [5.74, 6) is 0. The molecule has 0 aliphatic carbocycles. The Hall–Kier alpha value is -2.55. The molecule has 1 aromatic carbocycles. The van der Waals surface area contributed by atoms with Crippen LogP contribution >= 0.6 is 0 Å². The summed E-state index contributed by atoms with van der Waals surface area (Å²) in [5.41, 5.74) is 12.1. The van der Waals surface area contributed by atoms with Crippen molar-refractivity contribution in [1.82, 2.24) is 9.38 Å². The minimum atomic E-state index is 0.763. The van der Waals surface area contributed by atoms with Gasteiger partial charge in [0.15, 0.2) is 0 Å². The van der Waals surface area contributed by atoms with Gasteiger partial charge in [0.05, 0.1) is 11.9 Å². The third-order valence-electron chi connectivity index (χ3n) is 3.58. The first-order valence-electron chi connectivity index (χ1n) is 6.65. The molecule has 2 N–H and O–H groups in total. The minimum absolute atomic E-state index is 0.763. The first kappa shape index (κ1) is 12.5. The maximum Gasteiger partial charge on any atom is 0.137 e. The van der Waals surface area contributed by atoms with Crippen molar-refractivity contribution in [3.8, 4) is 11.3 Å². The van der Waals surface area contributed by atoms with Crippen molar-refractivity contribution in [2.24, 2.45) is 0 Å². The topological polar surface area (TPSA) is 43.3 Å². The number of allylic oxidation sites excluding steroid dienone is 2. The van der Waals surface area contributed by atoms with E-state index in [1.165, 1.54) is 11.1 Å². The van der Waals surface area contributed by atoms with Gasteiger partial charge in [-0.15, -0.1) is 0 Å². The quantitative estimate of drug-likeness (QED) is 0.710. The number of imidazole rings is 1. The van der Waals surface area contributed by atoms with Gasteiger partial charge in [-0.3, -0.25) is 4.40 Å². The molecule has 2 heterocycles. The van der Waals surface area contributed by atoms with Crippen LogP contribution in [0.15, 0.2) is 54.9 Å². The molecular formula is C17H17N3. The van der Waals surface area contributed by atoms with Crippen LogP contribution < -0.4 is 5.73 Å². The summed E-state index contributed by atoms with van der Waals surface area (Å²) in [6.07, 6.45) is 6.05. The van der Waals surface area contributed by atoms with E-state index in [1.54, 1.807) is 0 Å². The number of benzene rings is 1. The molecule has 3 aromatic rings. The average Bonchev–Trinajstić information content (AvgIpc) is 2.89. The monoisotopic (exact) mass is 263 g/mol. The molecule has 0 saturated carbocycles. The van der Waals surface area contributed by atoms with Gasteiger partial charge in [-0.1, -0.05) is 18.2 Å². The Morgan fingerprint density at radius 1 is 1.25 bits per heavy atom. The first-order valence-corrected chi connectivity index (χ1v) is 6.65. The molecule has 0 atom stereocenters. The van der Waals surface area contributed by atoms with E-state index in [1.807, 2.05) is 37.4 Å². The molecule has 0 fully saturated rings. The van der Waals surface area contributed by atoms with Gasteiger partial charge in [0.1, 0.15) is 5.65 Å². The lowest BCUT2D eigenvalue weighted by Crippen LogP contribution is -1.91. The normalized spacial score (nSPS) is 12.0. The molecule has 3 heteroatoms. The Balaban J connectivity index is 2.15. The van der Waals surface area contributed by atoms with Gasteiger partial charge < -0.3 is 5.73 Å². The second kappa shape index (κ2) is 4.85. The third-order valence-corrected chi connectivity index (χ3v) is 3.58. The van der Waals surface area contributed by atoms with Crippen LogP contribution in [0.1, 0.15) is 19.4 Å². The van der Waals surface area contributed by atoms with E-state index < -0.39 is 0 Å². The highest BCUT2D eigenvalue weighted by molar-refractivity contribution is 5.71. The number of rotatable bonds is 2. The Morgan fingerprint density at radius 3 is 2.85 bits per heavy atom. The summed E-state index contributed by atoms with van der Waals surface area (Å²) >= 11 is 0. The summed E-state index contributed by atoms with van der Waals surface area (Å²) in [4.78, 5) is 4.50. The van der Waals surface area contributed by atoms with Crippen LogP contribution in [0.3, 0.4) is 0 Å². The highest BCUT2D eigenvalue weighted by Crippen LogP contribution is 2.24. The standard InChI is InChI=1S/C17H17N3/c1-3-12(2)13-7-8-20-16(11-19-17(20)10-13)14-5-4-6-15(18)9-14/h3-11H,18H2,1-2H3/b12-3+. The van der Waals surface area contributed by atoms with Crippen LogP contribution in [0.5, 0.6) is 0 Å². The highest BCUT2D eigenvalue weighted by Gasteiger charge is 2.07. The zero-order valence-electron chi connectivity index (χ0n) is 11.7. The zero-order valence-corrected chi connectivity index (χ0v) is 11.7. The average molecular weight is 263 g/mol. The molecule has 0 amide bonds. The molecule has 0 spiro atoms. The van der Waals surface area contributed by atoms with Crippen LogP contribution in [-0.2, 0) is 0 Å². The largest absolute Gasteiger partial charge is 0.399 e. The molecular weight excluding hydrogens is 246 g/mol. The number of pyridine rings is 1. The molecule has 0 radical (unpaired) electrons. The Morgan fingerprint density at radius 2 is 2.10 bits per heavy atom. The highest BCUT2D eigenvalue weighted by atomic mass is 15.0.